The molecule has 9 nitrogen and oxygen atoms in total. The van der Waals surface area contributed by atoms with Crippen LogP contribution in [0.1, 0.15) is 66.1 Å². The van der Waals surface area contributed by atoms with Gasteiger partial charge in [-0.05, 0) is 29.8 Å². The van der Waals surface area contributed by atoms with E-state index in [1.54, 1.807) is 11.0 Å². The average molecular weight is 486 g/mol. The van der Waals surface area contributed by atoms with Crippen LogP contribution in [0.15, 0.2) is 33.0 Å². The van der Waals surface area contributed by atoms with E-state index in [0.717, 1.165) is 5.57 Å². The highest BCUT2D eigenvalue weighted by molar-refractivity contribution is 5.88. The molecule has 0 aromatic carbocycles. The van der Waals surface area contributed by atoms with Crippen molar-refractivity contribution in [3.63, 3.8) is 0 Å². The van der Waals surface area contributed by atoms with E-state index in [1.165, 1.54) is 7.11 Å². The van der Waals surface area contributed by atoms with Gasteiger partial charge in [-0.1, -0.05) is 39.8 Å². The van der Waals surface area contributed by atoms with E-state index < -0.39 is 11.7 Å². The molecule has 0 aliphatic carbocycles. The minimum atomic E-state index is -0.715. The summed E-state index contributed by atoms with van der Waals surface area (Å²) in [4.78, 5) is 28.9. The summed E-state index contributed by atoms with van der Waals surface area (Å²) in [6.45, 7) is 14.4. The smallest absolute Gasteiger partial charge is 0.254 e. The number of terminal acetylenes is 1. The van der Waals surface area contributed by atoms with Gasteiger partial charge in [0, 0.05) is 38.3 Å². The molecule has 0 saturated carbocycles. The maximum Gasteiger partial charge on any atom is 0.254 e. The van der Waals surface area contributed by atoms with Gasteiger partial charge in [0.25, 0.3) is 5.88 Å². The number of rotatable bonds is 15. The number of hydrogen-bond donors (Lipinski definition) is 1. The van der Waals surface area contributed by atoms with Gasteiger partial charge >= 0.3 is 0 Å². The van der Waals surface area contributed by atoms with Crippen molar-refractivity contribution in [3.8, 4) is 18.2 Å². The Labute approximate surface area is 208 Å². The Morgan fingerprint density at radius 2 is 1.91 bits per heavy atom. The maximum absolute atomic E-state index is 13.7. The van der Waals surface area contributed by atoms with Crippen LogP contribution in [0.3, 0.4) is 0 Å². The molecule has 0 radical (unpaired) electrons. The van der Waals surface area contributed by atoms with Gasteiger partial charge in [0.1, 0.15) is 6.04 Å². The first-order chi connectivity index (χ1) is 16.5. The minimum absolute atomic E-state index is 0.0853. The normalized spacial score (nSPS) is 14.6. The Morgan fingerprint density at radius 3 is 2.40 bits per heavy atom. The third-order valence-corrected chi connectivity index (χ3v) is 6.26. The molecular formula is C26H39N5O4. The summed E-state index contributed by atoms with van der Waals surface area (Å²) in [7, 11) is 1.49. The van der Waals surface area contributed by atoms with Crippen LogP contribution in [-0.2, 0) is 16.1 Å². The molecule has 2 rings (SSSR count). The molecule has 1 N–H and O–H groups in total. The first kappa shape index (κ1) is 28.1. The lowest BCUT2D eigenvalue weighted by molar-refractivity contribution is -0.145. The van der Waals surface area contributed by atoms with Crippen molar-refractivity contribution in [1.82, 2.24) is 15.4 Å². The number of ether oxygens (including phenoxy) is 1. The third-order valence-electron chi connectivity index (χ3n) is 6.26. The second-order valence-electron chi connectivity index (χ2n) is 9.93. The molecule has 35 heavy (non-hydrogen) atoms. The molecule has 1 aliphatic rings. The summed E-state index contributed by atoms with van der Waals surface area (Å²) < 4.78 is 10.5. The second-order valence-corrected chi connectivity index (χ2v) is 9.93. The van der Waals surface area contributed by atoms with Crippen LogP contribution in [0.2, 0.25) is 0 Å². The van der Waals surface area contributed by atoms with Gasteiger partial charge in [-0.2, -0.15) is 10.2 Å². The van der Waals surface area contributed by atoms with Gasteiger partial charge in [-0.25, -0.2) is 0 Å². The summed E-state index contributed by atoms with van der Waals surface area (Å²) in [5, 5.41) is 15.1. The predicted molar refractivity (Wildman–Crippen MR) is 133 cm³/mol. The average Bonchev–Trinajstić information content (AvgIpc) is 3.43. The molecule has 2 heterocycles. The van der Waals surface area contributed by atoms with Gasteiger partial charge < -0.3 is 19.5 Å². The van der Waals surface area contributed by atoms with Crippen LogP contribution in [0, 0.1) is 30.1 Å². The van der Waals surface area contributed by atoms with Gasteiger partial charge in [0.05, 0.1) is 13.7 Å². The van der Waals surface area contributed by atoms with Gasteiger partial charge in [0.15, 0.2) is 11.4 Å². The Morgan fingerprint density at radius 1 is 1.26 bits per heavy atom. The highest BCUT2D eigenvalue weighted by Gasteiger charge is 2.43. The van der Waals surface area contributed by atoms with Crippen molar-refractivity contribution in [2.75, 3.05) is 13.7 Å². The van der Waals surface area contributed by atoms with Crippen LogP contribution >= 0.6 is 0 Å². The van der Waals surface area contributed by atoms with Crippen LogP contribution in [0.4, 0.5) is 0 Å². The zero-order valence-electron chi connectivity index (χ0n) is 21.8. The minimum Gasteiger partial charge on any atom is -0.479 e. The van der Waals surface area contributed by atoms with Crippen molar-refractivity contribution in [3.05, 3.63) is 24.0 Å². The van der Waals surface area contributed by atoms with Crippen molar-refractivity contribution in [1.29, 1.82) is 0 Å². The van der Waals surface area contributed by atoms with E-state index in [4.69, 9.17) is 15.7 Å². The molecule has 2 amide bonds. The van der Waals surface area contributed by atoms with E-state index in [0.29, 0.717) is 37.4 Å². The maximum atomic E-state index is 13.7. The standard InChI is InChI=1S/C26H39N5O4/c1-9-10-12-26(29-30-26)13-11-22(32)31(16-20-14-21(34-8)28-35-20)24(23(18(4)5)19(6)7)25(33)27-15-17(2)3/h1,14,18-19,23-24H,2,10-13,15-16H2,3-8H3,(H,27,33). The molecule has 1 aliphatic heterocycles. The molecule has 0 saturated heterocycles. The van der Waals surface area contributed by atoms with E-state index >= 15 is 0 Å². The molecule has 192 valence electrons. The molecule has 1 atom stereocenters. The fraction of sp³-hybridized carbons (Fsp3) is 0.654. The van der Waals surface area contributed by atoms with Crippen LogP contribution in [0.25, 0.3) is 0 Å². The van der Waals surface area contributed by atoms with Crippen molar-refractivity contribution in [2.24, 2.45) is 28.0 Å². The van der Waals surface area contributed by atoms with Gasteiger partial charge in [0.2, 0.25) is 11.8 Å². The Bertz CT molecular complexity index is 945. The Kier molecular flexibility index (Phi) is 10.1. The summed E-state index contributed by atoms with van der Waals surface area (Å²) in [6, 6.07) is 0.913. The number of carbonyl (C=O) groups is 2. The van der Waals surface area contributed by atoms with Crippen molar-refractivity contribution >= 4 is 11.8 Å². The number of carbonyl (C=O) groups excluding carboxylic acids is 2. The molecule has 1 unspecified atom stereocenters. The van der Waals surface area contributed by atoms with Gasteiger partial charge in [-0.15, -0.1) is 12.3 Å². The lowest BCUT2D eigenvalue weighted by atomic mass is 9.78. The van der Waals surface area contributed by atoms with E-state index in [2.05, 4.69) is 60.9 Å². The van der Waals surface area contributed by atoms with Gasteiger partial charge in [-0.3, -0.25) is 9.59 Å². The highest BCUT2D eigenvalue weighted by atomic mass is 16.5. The first-order valence-corrected chi connectivity index (χ1v) is 12.1. The fourth-order valence-electron chi connectivity index (χ4n) is 4.46. The molecular weight excluding hydrogens is 446 g/mol. The first-order valence-electron chi connectivity index (χ1n) is 12.1. The fourth-order valence-corrected chi connectivity index (χ4v) is 4.46. The highest BCUT2D eigenvalue weighted by Crippen LogP contribution is 2.38. The monoisotopic (exact) mass is 485 g/mol. The molecule has 1 aromatic heterocycles. The third kappa shape index (κ3) is 7.94. The molecule has 9 heteroatoms. The zero-order chi connectivity index (χ0) is 26.2. The van der Waals surface area contributed by atoms with E-state index in [9.17, 15) is 9.59 Å². The van der Waals surface area contributed by atoms with Crippen molar-refractivity contribution in [2.45, 2.75) is 78.6 Å². The summed E-state index contributed by atoms with van der Waals surface area (Å²) in [5.41, 5.74) is 0.240. The van der Waals surface area contributed by atoms with Crippen LogP contribution < -0.4 is 10.1 Å². The number of methoxy groups -OCH3 is 1. The molecule has 1 aromatic rings. The number of hydrogen-bond acceptors (Lipinski definition) is 7. The van der Waals surface area contributed by atoms with Crippen LogP contribution in [-0.4, -0.2) is 47.2 Å². The van der Waals surface area contributed by atoms with E-state index in [-0.39, 0.29) is 42.5 Å². The number of amides is 2. The Hall–Kier alpha value is -3.15. The molecule has 0 bridgehead atoms. The van der Waals surface area contributed by atoms with E-state index in [1.807, 2.05) is 6.92 Å². The van der Waals surface area contributed by atoms with Crippen molar-refractivity contribution < 1.29 is 18.8 Å². The Balaban J connectivity index is 2.38. The topological polar surface area (TPSA) is 109 Å². The molecule has 0 fully saturated rings. The van der Waals surface area contributed by atoms with Crippen LogP contribution in [0.5, 0.6) is 5.88 Å². The summed E-state index contributed by atoms with van der Waals surface area (Å²) >= 11 is 0. The summed E-state index contributed by atoms with van der Waals surface area (Å²) in [6.07, 6.45) is 7.16. The zero-order valence-corrected chi connectivity index (χ0v) is 21.8. The quantitative estimate of drug-likeness (QED) is 0.293. The number of nitrogens with one attached hydrogen (secondary N) is 1. The lowest BCUT2D eigenvalue weighted by Crippen LogP contribution is -2.55. The number of nitrogens with zero attached hydrogens (tertiary/aromatic N) is 4. The SMILES string of the molecule is C#CCCC1(CCC(=O)N(Cc2cc(OC)no2)C(C(=O)NCC(=C)C)C(C(C)C)C(C)C)N=N1. The largest absolute Gasteiger partial charge is 0.479 e. The summed E-state index contributed by atoms with van der Waals surface area (Å²) in [5.74, 6) is 3.14. The number of aromatic nitrogens is 1. The predicted octanol–water partition coefficient (Wildman–Crippen LogP) is 4.36. The molecule has 0 spiro atoms. The second kappa shape index (κ2) is 12.5. The lowest BCUT2D eigenvalue weighted by Gasteiger charge is -2.39.